The lowest BCUT2D eigenvalue weighted by molar-refractivity contribution is 0.175. The van der Waals surface area contributed by atoms with Gasteiger partial charge in [-0.25, -0.2) is 0 Å². The Morgan fingerprint density at radius 2 is 2.00 bits per heavy atom. The minimum Gasteiger partial charge on any atom is -0.504 e. The highest BCUT2D eigenvalue weighted by atomic mass is 16.7. The first kappa shape index (κ1) is 13.6. The van der Waals surface area contributed by atoms with Gasteiger partial charge in [-0.15, -0.1) is 0 Å². The standard InChI is InChI=1S/C19H17NO4/c1-20-6-5-10-7-15-19(24-9-23-15)17-11-3-4-14(22-2)18(21)12(11)8-13(20)16(10)17/h3-4,7-8,21H,5-6,9H2,1-2H3. The monoisotopic (exact) mass is 323 g/mol. The first-order valence-corrected chi connectivity index (χ1v) is 7.98. The zero-order chi connectivity index (χ0) is 16.4. The average molecular weight is 323 g/mol. The molecule has 1 N–H and O–H groups in total. The largest absolute Gasteiger partial charge is 0.504 e. The molecule has 2 aliphatic heterocycles. The maximum Gasteiger partial charge on any atom is 0.231 e. The first-order valence-electron chi connectivity index (χ1n) is 7.98. The van der Waals surface area contributed by atoms with Gasteiger partial charge in [-0.1, -0.05) is 0 Å². The molecule has 3 aromatic carbocycles. The van der Waals surface area contributed by atoms with E-state index in [9.17, 15) is 5.11 Å². The predicted octanol–water partition coefficient (Wildman–Crippen LogP) is 3.43. The van der Waals surface area contributed by atoms with Crippen LogP contribution < -0.4 is 19.1 Å². The molecule has 24 heavy (non-hydrogen) atoms. The van der Waals surface area contributed by atoms with Crippen LogP contribution in [0, 0.1) is 0 Å². The van der Waals surface area contributed by atoms with Crippen LogP contribution in [0.1, 0.15) is 5.56 Å². The predicted molar refractivity (Wildman–Crippen MR) is 92.8 cm³/mol. The van der Waals surface area contributed by atoms with Crippen LogP contribution in [0.15, 0.2) is 24.3 Å². The van der Waals surface area contributed by atoms with Crippen molar-refractivity contribution in [3.63, 3.8) is 0 Å². The molecular weight excluding hydrogens is 306 g/mol. The molecule has 5 rings (SSSR count). The van der Waals surface area contributed by atoms with Crippen molar-refractivity contribution in [2.75, 3.05) is 32.4 Å². The lowest BCUT2D eigenvalue weighted by atomic mass is 9.91. The Bertz CT molecular complexity index is 1010. The van der Waals surface area contributed by atoms with E-state index >= 15 is 0 Å². The van der Waals surface area contributed by atoms with Gasteiger partial charge in [0.2, 0.25) is 6.79 Å². The Kier molecular flexibility index (Phi) is 2.61. The molecule has 0 spiro atoms. The molecule has 0 bridgehead atoms. The van der Waals surface area contributed by atoms with Gasteiger partial charge in [0.1, 0.15) is 0 Å². The van der Waals surface area contributed by atoms with E-state index in [0.717, 1.165) is 46.3 Å². The van der Waals surface area contributed by atoms with Gasteiger partial charge in [-0.2, -0.15) is 0 Å². The Balaban J connectivity index is 2.04. The van der Waals surface area contributed by atoms with Gasteiger partial charge in [-0.05, 0) is 41.6 Å². The number of phenolic OH excluding ortho intramolecular Hbond substituents is 1. The van der Waals surface area contributed by atoms with Crippen molar-refractivity contribution < 1.29 is 19.3 Å². The minimum atomic E-state index is 0.158. The highest BCUT2D eigenvalue weighted by Crippen LogP contribution is 2.51. The van der Waals surface area contributed by atoms with Crippen LogP contribution in [-0.2, 0) is 6.42 Å². The second kappa shape index (κ2) is 4.60. The molecule has 122 valence electrons. The molecule has 0 atom stereocenters. The molecule has 5 nitrogen and oxygen atoms in total. The molecule has 0 unspecified atom stereocenters. The molecule has 0 amide bonds. The lowest BCUT2D eigenvalue weighted by Crippen LogP contribution is -2.24. The number of benzene rings is 3. The molecule has 0 saturated heterocycles. The zero-order valence-electron chi connectivity index (χ0n) is 13.5. The van der Waals surface area contributed by atoms with Crippen LogP contribution in [0.2, 0.25) is 0 Å². The molecule has 0 radical (unpaired) electrons. The number of likely N-dealkylation sites (N-methyl/N-ethyl adjacent to an activating group) is 1. The summed E-state index contributed by atoms with van der Waals surface area (Å²) in [6.45, 7) is 1.16. The Morgan fingerprint density at radius 3 is 2.83 bits per heavy atom. The van der Waals surface area contributed by atoms with Gasteiger partial charge >= 0.3 is 0 Å². The normalized spacial score (nSPS) is 15.3. The number of rotatable bonds is 1. The van der Waals surface area contributed by atoms with Gasteiger partial charge in [0, 0.05) is 35.4 Å². The summed E-state index contributed by atoms with van der Waals surface area (Å²) in [5.74, 6) is 2.18. The number of hydrogen-bond donors (Lipinski definition) is 1. The number of aromatic hydroxyl groups is 1. The summed E-state index contributed by atoms with van der Waals surface area (Å²) < 4.78 is 16.7. The van der Waals surface area contributed by atoms with E-state index in [-0.39, 0.29) is 12.5 Å². The maximum atomic E-state index is 10.6. The molecule has 3 aromatic rings. The van der Waals surface area contributed by atoms with E-state index in [4.69, 9.17) is 14.2 Å². The fraction of sp³-hybridized carbons (Fsp3) is 0.263. The third-order valence-electron chi connectivity index (χ3n) is 5.08. The van der Waals surface area contributed by atoms with E-state index in [1.54, 1.807) is 13.2 Å². The number of nitrogens with zero attached hydrogens (tertiary/aromatic N) is 1. The Morgan fingerprint density at radius 1 is 1.12 bits per heavy atom. The van der Waals surface area contributed by atoms with E-state index in [0.29, 0.717) is 5.75 Å². The first-order chi connectivity index (χ1) is 11.7. The second-order valence-corrected chi connectivity index (χ2v) is 6.30. The third-order valence-corrected chi connectivity index (χ3v) is 5.08. The van der Waals surface area contributed by atoms with Crippen LogP contribution in [0.4, 0.5) is 5.69 Å². The van der Waals surface area contributed by atoms with E-state index in [1.807, 2.05) is 12.1 Å². The average Bonchev–Trinajstić information content (AvgIpc) is 3.06. The third kappa shape index (κ3) is 1.59. The van der Waals surface area contributed by atoms with Gasteiger partial charge in [0.25, 0.3) is 0 Å². The number of anilines is 1. The molecule has 0 aliphatic carbocycles. The highest BCUT2D eigenvalue weighted by molar-refractivity contribution is 6.19. The van der Waals surface area contributed by atoms with Gasteiger partial charge in [0.05, 0.1) is 7.11 Å². The molecule has 2 heterocycles. The summed E-state index contributed by atoms with van der Waals surface area (Å²) in [4.78, 5) is 2.22. The van der Waals surface area contributed by atoms with Gasteiger partial charge < -0.3 is 24.2 Å². The summed E-state index contributed by atoms with van der Waals surface area (Å²) in [7, 11) is 3.64. The summed E-state index contributed by atoms with van der Waals surface area (Å²) in [6.07, 6.45) is 0.963. The van der Waals surface area contributed by atoms with Crippen molar-refractivity contribution in [2.24, 2.45) is 0 Å². The molecule has 5 heteroatoms. The smallest absolute Gasteiger partial charge is 0.231 e. The number of hydrogen-bond acceptors (Lipinski definition) is 5. The van der Waals surface area contributed by atoms with E-state index in [2.05, 4.69) is 18.0 Å². The Hall–Kier alpha value is -2.82. The van der Waals surface area contributed by atoms with Crippen molar-refractivity contribution in [3.05, 3.63) is 29.8 Å². The fourth-order valence-corrected chi connectivity index (χ4v) is 3.88. The molecular formula is C19H17NO4. The molecule has 0 aromatic heterocycles. The van der Waals surface area contributed by atoms with Crippen molar-refractivity contribution in [1.29, 1.82) is 0 Å². The van der Waals surface area contributed by atoms with Gasteiger partial charge in [0.15, 0.2) is 23.0 Å². The van der Waals surface area contributed by atoms with Crippen molar-refractivity contribution in [3.8, 4) is 23.0 Å². The van der Waals surface area contributed by atoms with Crippen molar-refractivity contribution in [1.82, 2.24) is 0 Å². The quantitative estimate of drug-likeness (QED) is 0.695. The highest BCUT2D eigenvalue weighted by Gasteiger charge is 2.27. The van der Waals surface area contributed by atoms with Crippen LogP contribution in [0.3, 0.4) is 0 Å². The van der Waals surface area contributed by atoms with Crippen molar-refractivity contribution in [2.45, 2.75) is 6.42 Å². The van der Waals surface area contributed by atoms with E-state index < -0.39 is 0 Å². The summed E-state index contributed by atoms with van der Waals surface area (Å²) in [5, 5.41) is 14.5. The molecule has 0 saturated carbocycles. The SMILES string of the molecule is COc1ccc2c(cc3c4c(cc5c(c42)OCO5)CCN3C)c1O. The minimum absolute atomic E-state index is 0.158. The fourth-order valence-electron chi connectivity index (χ4n) is 3.88. The molecule has 0 fully saturated rings. The molecule has 2 aliphatic rings. The zero-order valence-corrected chi connectivity index (χ0v) is 13.5. The van der Waals surface area contributed by atoms with Crippen LogP contribution in [-0.4, -0.2) is 32.6 Å². The van der Waals surface area contributed by atoms with Crippen LogP contribution >= 0.6 is 0 Å². The number of phenols is 1. The number of fused-ring (bicyclic) bond motifs is 4. The number of methoxy groups -OCH3 is 1. The van der Waals surface area contributed by atoms with Crippen molar-refractivity contribution >= 4 is 27.2 Å². The van der Waals surface area contributed by atoms with Crippen LogP contribution in [0.25, 0.3) is 21.5 Å². The summed E-state index contributed by atoms with van der Waals surface area (Å²) in [5.41, 5.74) is 2.36. The van der Waals surface area contributed by atoms with Gasteiger partial charge in [-0.3, -0.25) is 0 Å². The second-order valence-electron chi connectivity index (χ2n) is 6.30. The number of ether oxygens (including phenoxy) is 3. The van der Waals surface area contributed by atoms with E-state index in [1.165, 1.54) is 10.9 Å². The maximum absolute atomic E-state index is 10.6. The van der Waals surface area contributed by atoms with Crippen LogP contribution in [0.5, 0.6) is 23.0 Å². The Labute approximate surface area is 139 Å². The lowest BCUT2D eigenvalue weighted by Gasteiger charge is -2.29. The summed E-state index contributed by atoms with van der Waals surface area (Å²) >= 11 is 0. The topological polar surface area (TPSA) is 51.2 Å². The summed E-state index contributed by atoms with van der Waals surface area (Å²) in [6, 6.07) is 7.91.